The summed E-state index contributed by atoms with van der Waals surface area (Å²) in [7, 11) is 0. The molecule has 1 atom stereocenters. The molecule has 0 aliphatic carbocycles. The Morgan fingerprint density at radius 1 is 1.25 bits per heavy atom. The van der Waals surface area contributed by atoms with Crippen molar-refractivity contribution in [3.63, 3.8) is 0 Å². The fourth-order valence-corrected chi connectivity index (χ4v) is 4.97. The fourth-order valence-electron chi connectivity index (χ4n) is 4.75. The Morgan fingerprint density at radius 2 is 1.92 bits per heavy atom. The van der Waals surface area contributed by atoms with Gasteiger partial charge in [0.05, 0.1) is 22.8 Å². The Labute approximate surface area is 218 Å². The zero-order valence-corrected chi connectivity index (χ0v) is 21.9. The number of nitrogens with one attached hydrogen (secondary N) is 2. The standard InChI is InChI=1S/C24H29ClF3N5O2.ClH/c1-13(2)30-23-31-20-12-32(21(34)15-4-5-19(25)18(11-15)24(26,27)28)14(3)10-17(20)22(35)33(23)16-6-8-29-9-7-16;/h4-5,11,13-14,16,29H,6-10,12H2,1-3H3,(H,30,31);1H/t14-;/m1./s1. The highest BCUT2D eigenvalue weighted by atomic mass is 35.5. The third kappa shape index (κ3) is 5.65. The van der Waals surface area contributed by atoms with E-state index in [1.165, 1.54) is 11.0 Å². The number of carbonyl (C=O) groups excluding carboxylic acids is 1. The van der Waals surface area contributed by atoms with Crippen LogP contribution in [-0.4, -0.2) is 45.5 Å². The summed E-state index contributed by atoms with van der Waals surface area (Å²) < 4.78 is 41.7. The van der Waals surface area contributed by atoms with Crippen LogP contribution in [0.25, 0.3) is 0 Å². The van der Waals surface area contributed by atoms with Crippen molar-refractivity contribution in [2.75, 3.05) is 18.4 Å². The fraction of sp³-hybridized carbons (Fsp3) is 0.542. The molecule has 1 aromatic carbocycles. The van der Waals surface area contributed by atoms with Crippen molar-refractivity contribution in [2.45, 2.75) is 70.9 Å². The lowest BCUT2D eigenvalue weighted by atomic mass is 9.97. The zero-order chi connectivity index (χ0) is 25.5. The molecule has 2 aliphatic heterocycles. The summed E-state index contributed by atoms with van der Waals surface area (Å²) in [5.41, 5.74) is -0.252. The van der Waals surface area contributed by atoms with E-state index in [2.05, 4.69) is 10.6 Å². The Morgan fingerprint density at radius 3 is 2.53 bits per heavy atom. The quantitative estimate of drug-likeness (QED) is 0.581. The van der Waals surface area contributed by atoms with Crippen LogP contribution < -0.4 is 16.2 Å². The minimum atomic E-state index is -4.67. The second-order valence-corrected chi connectivity index (χ2v) is 9.90. The van der Waals surface area contributed by atoms with E-state index in [1.54, 1.807) is 11.5 Å². The van der Waals surface area contributed by atoms with Crippen molar-refractivity contribution in [3.05, 3.63) is 56.0 Å². The monoisotopic (exact) mass is 547 g/mol. The number of hydrogen-bond donors (Lipinski definition) is 2. The van der Waals surface area contributed by atoms with Gasteiger partial charge >= 0.3 is 6.18 Å². The third-order valence-corrected chi connectivity index (χ3v) is 6.85. The lowest BCUT2D eigenvalue weighted by molar-refractivity contribution is -0.137. The summed E-state index contributed by atoms with van der Waals surface area (Å²) >= 11 is 5.72. The first-order valence-electron chi connectivity index (χ1n) is 11.8. The number of alkyl halides is 3. The molecule has 2 aliphatic rings. The summed E-state index contributed by atoms with van der Waals surface area (Å²) in [5.74, 6) is -0.100. The molecular weight excluding hydrogens is 518 g/mol. The number of anilines is 1. The van der Waals surface area contributed by atoms with Crippen LogP contribution in [0.1, 0.15) is 66.8 Å². The van der Waals surface area contributed by atoms with Crippen molar-refractivity contribution in [2.24, 2.45) is 0 Å². The summed E-state index contributed by atoms with van der Waals surface area (Å²) in [4.78, 5) is 33.1. The van der Waals surface area contributed by atoms with Gasteiger partial charge in [-0.25, -0.2) is 4.98 Å². The largest absolute Gasteiger partial charge is 0.417 e. The lowest BCUT2D eigenvalue weighted by Crippen LogP contribution is -2.47. The van der Waals surface area contributed by atoms with Gasteiger partial charge in [0.25, 0.3) is 11.5 Å². The molecule has 2 aromatic rings. The van der Waals surface area contributed by atoms with Gasteiger partial charge in [0.2, 0.25) is 5.95 Å². The normalized spacial score (nSPS) is 18.6. The first-order chi connectivity index (χ1) is 16.5. The molecule has 0 spiro atoms. The van der Waals surface area contributed by atoms with Crippen LogP contribution in [0, 0.1) is 0 Å². The predicted octanol–water partition coefficient (Wildman–Crippen LogP) is 4.67. The van der Waals surface area contributed by atoms with Crippen LogP contribution in [0.3, 0.4) is 0 Å². The summed E-state index contributed by atoms with van der Waals surface area (Å²) in [6, 6.07) is 2.81. The van der Waals surface area contributed by atoms with Crippen molar-refractivity contribution < 1.29 is 18.0 Å². The Hall–Kier alpha value is -2.30. The average molecular weight is 548 g/mol. The van der Waals surface area contributed by atoms with Gasteiger partial charge in [-0.2, -0.15) is 13.2 Å². The van der Waals surface area contributed by atoms with E-state index in [-0.39, 0.29) is 54.6 Å². The Kier molecular flexibility index (Phi) is 8.63. The van der Waals surface area contributed by atoms with Gasteiger partial charge in [-0.3, -0.25) is 14.2 Å². The molecule has 7 nitrogen and oxygen atoms in total. The molecule has 4 rings (SSSR count). The number of carbonyl (C=O) groups is 1. The molecule has 0 radical (unpaired) electrons. The van der Waals surface area contributed by atoms with Gasteiger partial charge in [0, 0.05) is 29.3 Å². The first kappa shape index (κ1) is 28.3. The van der Waals surface area contributed by atoms with E-state index in [0.717, 1.165) is 38.1 Å². The minimum absolute atomic E-state index is 0. The number of benzene rings is 1. The average Bonchev–Trinajstić information content (AvgIpc) is 2.79. The Balaban J connectivity index is 0.00000361. The number of amides is 1. The lowest BCUT2D eigenvalue weighted by Gasteiger charge is -2.36. The molecule has 1 saturated heterocycles. The molecule has 1 amide bonds. The highest BCUT2D eigenvalue weighted by Crippen LogP contribution is 2.36. The second kappa shape index (κ2) is 11.0. The van der Waals surface area contributed by atoms with Crippen LogP contribution in [0.15, 0.2) is 23.0 Å². The number of hydrogen-bond acceptors (Lipinski definition) is 5. The number of fused-ring (bicyclic) bond motifs is 1. The van der Waals surface area contributed by atoms with E-state index in [0.29, 0.717) is 17.2 Å². The minimum Gasteiger partial charge on any atom is -0.353 e. The maximum absolute atomic E-state index is 13.6. The highest BCUT2D eigenvalue weighted by Gasteiger charge is 2.36. The van der Waals surface area contributed by atoms with E-state index in [1.807, 2.05) is 13.8 Å². The van der Waals surface area contributed by atoms with Crippen LogP contribution in [-0.2, 0) is 19.1 Å². The second-order valence-electron chi connectivity index (χ2n) is 9.49. The number of aromatic nitrogens is 2. The van der Waals surface area contributed by atoms with Gasteiger partial charge in [-0.15, -0.1) is 12.4 Å². The molecule has 2 N–H and O–H groups in total. The van der Waals surface area contributed by atoms with Crippen LogP contribution >= 0.6 is 24.0 Å². The van der Waals surface area contributed by atoms with E-state index in [4.69, 9.17) is 16.6 Å². The van der Waals surface area contributed by atoms with Crippen LogP contribution in [0.5, 0.6) is 0 Å². The number of rotatable bonds is 4. The molecule has 1 aromatic heterocycles. The molecule has 1 fully saturated rings. The molecule has 0 saturated carbocycles. The molecule has 0 bridgehead atoms. The van der Waals surface area contributed by atoms with Crippen molar-refractivity contribution in [1.29, 1.82) is 0 Å². The molecule has 12 heteroatoms. The smallest absolute Gasteiger partial charge is 0.353 e. The summed E-state index contributed by atoms with van der Waals surface area (Å²) in [6.07, 6.45) is -2.78. The number of nitrogens with zero attached hydrogens (tertiary/aromatic N) is 3. The molecule has 3 heterocycles. The number of piperidine rings is 1. The maximum atomic E-state index is 13.6. The summed E-state index contributed by atoms with van der Waals surface area (Å²) in [6.45, 7) is 7.36. The molecule has 198 valence electrons. The third-order valence-electron chi connectivity index (χ3n) is 6.52. The molecule has 0 unspecified atom stereocenters. The van der Waals surface area contributed by atoms with Crippen LogP contribution in [0.4, 0.5) is 19.1 Å². The zero-order valence-electron chi connectivity index (χ0n) is 20.3. The molecule has 36 heavy (non-hydrogen) atoms. The highest BCUT2D eigenvalue weighted by molar-refractivity contribution is 6.31. The predicted molar refractivity (Wildman–Crippen MR) is 135 cm³/mol. The van der Waals surface area contributed by atoms with E-state index in [9.17, 15) is 22.8 Å². The van der Waals surface area contributed by atoms with E-state index < -0.39 is 22.7 Å². The molecular formula is C24H30Cl2F3N5O2. The van der Waals surface area contributed by atoms with Gasteiger partial charge in [-0.05, 0) is 71.3 Å². The first-order valence-corrected chi connectivity index (χ1v) is 12.1. The van der Waals surface area contributed by atoms with Crippen molar-refractivity contribution in [3.8, 4) is 0 Å². The van der Waals surface area contributed by atoms with Gasteiger partial charge in [0.15, 0.2) is 0 Å². The maximum Gasteiger partial charge on any atom is 0.417 e. The Bertz CT molecular complexity index is 1180. The van der Waals surface area contributed by atoms with Crippen molar-refractivity contribution >= 4 is 35.9 Å². The van der Waals surface area contributed by atoms with E-state index >= 15 is 0 Å². The van der Waals surface area contributed by atoms with Crippen molar-refractivity contribution in [1.82, 2.24) is 19.8 Å². The summed E-state index contributed by atoms with van der Waals surface area (Å²) in [5, 5.41) is 6.11. The van der Waals surface area contributed by atoms with Crippen LogP contribution in [0.2, 0.25) is 5.02 Å². The topological polar surface area (TPSA) is 79.3 Å². The van der Waals surface area contributed by atoms with Gasteiger partial charge in [0.1, 0.15) is 0 Å². The number of halogens is 5. The van der Waals surface area contributed by atoms with Gasteiger partial charge < -0.3 is 15.5 Å². The SMILES string of the molecule is CC(C)Nc1nc2c(c(=O)n1C1CCNCC1)C[C@@H](C)N(C(=O)c1ccc(Cl)c(C(F)(F)F)c1)C2.Cl. The van der Waals surface area contributed by atoms with Gasteiger partial charge in [-0.1, -0.05) is 11.6 Å².